The van der Waals surface area contributed by atoms with Crippen molar-refractivity contribution in [3.05, 3.63) is 66.7 Å². The van der Waals surface area contributed by atoms with Crippen molar-refractivity contribution in [1.29, 1.82) is 0 Å². The zero-order valence-corrected chi connectivity index (χ0v) is 16.0. The molecule has 1 aliphatic rings. The van der Waals surface area contributed by atoms with E-state index in [1.165, 1.54) is 6.33 Å². The van der Waals surface area contributed by atoms with Crippen LogP contribution in [0.5, 0.6) is 5.75 Å². The summed E-state index contributed by atoms with van der Waals surface area (Å²) in [5.74, 6) is 0.842. The number of hydrogen-bond acceptors (Lipinski definition) is 5. The molecule has 1 amide bonds. The Morgan fingerprint density at radius 3 is 2.71 bits per heavy atom. The van der Waals surface area contributed by atoms with Gasteiger partial charge in [0.25, 0.3) is 5.91 Å². The fourth-order valence-corrected chi connectivity index (χ4v) is 3.48. The van der Waals surface area contributed by atoms with E-state index >= 15 is 0 Å². The predicted octanol–water partition coefficient (Wildman–Crippen LogP) is 2.63. The van der Waals surface area contributed by atoms with E-state index in [1.807, 2.05) is 49.5 Å². The smallest absolute Gasteiger partial charge is 0.253 e. The monoisotopic (exact) mass is 377 g/mol. The van der Waals surface area contributed by atoms with E-state index in [0.717, 1.165) is 30.2 Å². The Balaban J connectivity index is 1.43. The zero-order valence-electron chi connectivity index (χ0n) is 16.0. The maximum absolute atomic E-state index is 12.8. The number of likely N-dealkylation sites (N-methyl/N-ethyl adjacent to an activating group) is 2. The molecule has 0 N–H and O–H groups in total. The molecule has 0 fully saturated rings. The van der Waals surface area contributed by atoms with Crippen molar-refractivity contribution in [3.63, 3.8) is 0 Å². The minimum Gasteiger partial charge on any atom is -0.485 e. The molecule has 0 spiro atoms. The number of hydrogen-bond donors (Lipinski definition) is 0. The molecule has 1 atom stereocenters. The molecular weight excluding hydrogens is 354 g/mol. The molecule has 1 aromatic heterocycles. The Labute approximate surface area is 164 Å². The SMILES string of the molecule is CCN1C[C@@H](CN(C)C(=O)c2ccc(-n3cncn3)cc2)Oc2ccccc21. The highest BCUT2D eigenvalue weighted by Crippen LogP contribution is 2.32. The first-order valence-corrected chi connectivity index (χ1v) is 9.37. The molecule has 0 unspecified atom stereocenters. The van der Waals surface area contributed by atoms with Gasteiger partial charge in [0.1, 0.15) is 24.5 Å². The fourth-order valence-electron chi connectivity index (χ4n) is 3.48. The topological polar surface area (TPSA) is 63.5 Å². The van der Waals surface area contributed by atoms with Gasteiger partial charge in [-0.2, -0.15) is 5.10 Å². The van der Waals surface area contributed by atoms with Gasteiger partial charge in [-0.15, -0.1) is 0 Å². The quantitative estimate of drug-likeness (QED) is 0.684. The lowest BCUT2D eigenvalue weighted by Crippen LogP contribution is -2.46. The largest absolute Gasteiger partial charge is 0.485 e. The van der Waals surface area contributed by atoms with E-state index in [9.17, 15) is 4.79 Å². The lowest BCUT2D eigenvalue weighted by atomic mass is 10.1. The molecule has 0 aliphatic carbocycles. The van der Waals surface area contributed by atoms with Crippen molar-refractivity contribution in [3.8, 4) is 11.4 Å². The average molecular weight is 377 g/mol. The van der Waals surface area contributed by atoms with Gasteiger partial charge in [0.2, 0.25) is 0 Å². The molecule has 28 heavy (non-hydrogen) atoms. The summed E-state index contributed by atoms with van der Waals surface area (Å²) >= 11 is 0. The molecule has 7 heteroatoms. The Morgan fingerprint density at radius 1 is 1.21 bits per heavy atom. The molecule has 2 aromatic carbocycles. The Morgan fingerprint density at radius 2 is 2.00 bits per heavy atom. The van der Waals surface area contributed by atoms with E-state index in [4.69, 9.17) is 4.74 Å². The van der Waals surface area contributed by atoms with Crippen LogP contribution in [-0.4, -0.2) is 58.4 Å². The molecule has 3 aromatic rings. The second-order valence-corrected chi connectivity index (χ2v) is 6.82. The van der Waals surface area contributed by atoms with E-state index in [0.29, 0.717) is 12.1 Å². The highest BCUT2D eigenvalue weighted by molar-refractivity contribution is 5.94. The molecule has 7 nitrogen and oxygen atoms in total. The highest BCUT2D eigenvalue weighted by atomic mass is 16.5. The van der Waals surface area contributed by atoms with Crippen LogP contribution in [0.25, 0.3) is 5.69 Å². The minimum absolute atomic E-state index is 0.0318. The van der Waals surface area contributed by atoms with Gasteiger partial charge in [-0.3, -0.25) is 4.79 Å². The standard InChI is InChI=1S/C21H23N5O2/c1-3-25-13-18(28-20-7-5-4-6-19(20)25)12-24(2)21(27)16-8-10-17(11-9-16)26-15-22-14-23-26/h4-11,14-15,18H,3,12-13H2,1-2H3/t18-/m1/s1. The number of para-hydroxylation sites is 2. The van der Waals surface area contributed by atoms with Gasteiger partial charge >= 0.3 is 0 Å². The number of ether oxygens (including phenoxy) is 1. The number of rotatable bonds is 5. The second-order valence-electron chi connectivity index (χ2n) is 6.82. The molecule has 144 valence electrons. The van der Waals surface area contributed by atoms with Crippen LogP contribution in [0.4, 0.5) is 5.69 Å². The molecular formula is C21H23N5O2. The van der Waals surface area contributed by atoms with Crippen LogP contribution < -0.4 is 9.64 Å². The average Bonchev–Trinajstić information content (AvgIpc) is 3.27. The summed E-state index contributed by atoms with van der Waals surface area (Å²) < 4.78 is 7.79. The third-order valence-corrected chi connectivity index (χ3v) is 4.93. The number of carbonyl (C=O) groups excluding carboxylic acids is 1. The van der Waals surface area contributed by atoms with Gasteiger partial charge in [-0.05, 0) is 43.3 Å². The van der Waals surface area contributed by atoms with Crippen molar-refractivity contribution in [2.24, 2.45) is 0 Å². The summed E-state index contributed by atoms with van der Waals surface area (Å²) in [4.78, 5) is 20.8. The Bertz CT molecular complexity index is 940. The molecule has 2 heterocycles. The van der Waals surface area contributed by atoms with Crippen LogP contribution in [-0.2, 0) is 0 Å². The summed E-state index contributed by atoms with van der Waals surface area (Å²) in [6.07, 6.45) is 3.04. The fraction of sp³-hybridized carbons (Fsp3) is 0.286. The number of aromatic nitrogens is 3. The maximum atomic E-state index is 12.8. The van der Waals surface area contributed by atoms with Crippen LogP contribution in [0.15, 0.2) is 61.2 Å². The first-order valence-electron chi connectivity index (χ1n) is 9.37. The van der Waals surface area contributed by atoms with Crippen molar-refractivity contribution >= 4 is 11.6 Å². The Kier molecular flexibility index (Phi) is 4.97. The lowest BCUT2D eigenvalue weighted by molar-refractivity contribution is 0.0709. The molecule has 0 saturated carbocycles. The van der Waals surface area contributed by atoms with Crippen molar-refractivity contribution in [1.82, 2.24) is 19.7 Å². The molecule has 4 rings (SSSR count). The summed E-state index contributed by atoms with van der Waals surface area (Å²) in [7, 11) is 1.81. The summed E-state index contributed by atoms with van der Waals surface area (Å²) in [6, 6.07) is 15.4. The van der Waals surface area contributed by atoms with Crippen molar-refractivity contribution in [2.45, 2.75) is 13.0 Å². The van der Waals surface area contributed by atoms with E-state index < -0.39 is 0 Å². The van der Waals surface area contributed by atoms with E-state index in [1.54, 1.807) is 15.9 Å². The van der Waals surface area contributed by atoms with Gasteiger partial charge in [0.15, 0.2) is 0 Å². The van der Waals surface area contributed by atoms with Crippen LogP contribution in [0.3, 0.4) is 0 Å². The van der Waals surface area contributed by atoms with Crippen molar-refractivity contribution < 1.29 is 9.53 Å². The first-order chi connectivity index (χ1) is 13.7. The van der Waals surface area contributed by atoms with E-state index in [2.05, 4.69) is 28.0 Å². The molecule has 0 bridgehead atoms. The normalized spacial score (nSPS) is 15.6. The van der Waals surface area contributed by atoms with Gasteiger partial charge in [0.05, 0.1) is 24.5 Å². The summed E-state index contributed by atoms with van der Waals surface area (Å²) in [5.41, 5.74) is 2.61. The van der Waals surface area contributed by atoms with E-state index in [-0.39, 0.29) is 12.0 Å². The van der Waals surface area contributed by atoms with Gasteiger partial charge in [0, 0.05) is 19.2 Å². The second kappa shape index (κ2) is 7.72. The third kappa shape index (κ3) is 3.55. The lowest BCUT2D eigenvalue weighted by Gasteiger charge is -2.37. The van der Waals surface area contributed by atoms with Gasteiger partial charge in [-0.1, -0.05) is 12.1 Å². The zero-order chi connectivity index (χ0) is 19.5. The Hall–Kier alpha value is -3.35. The predicted molar refractivity (Wildman–Crippen MR) is 107 cm³/mol. The highest BCUT2D eigenvalue weighted by Gasteiger charge is 2.27. The molecule has 0 saturated heterocycles. The third-order valence-electron chi connectivity index (χ3n) is 4.93. The summed E-state index contributed by atoms with van der Waals surface area (Å²) in [5, 5.41) is 4.10. The van der Waals surface area contributed by atoms with Crippen LogP contribution in [0, 0.1) is 0 Å². The first kappa shape index (κ1) is 18.0. The number of nitrogens with zero attached hydrogens (tertiary/aromatic N) is 5. The number of benzene rings is 2. The van der Waals surface area contributed by atoms with Crippen molar-refractivity contribution in [2.75, 3.05) is 31.6 Å². The number of amides is 1. The van der Waals surface area contributed by atoms with Crippen LogP contribution in [0.1, 0.15) is 17.3 Å². The van der Waals surface area contributed by atoms with Gasteiger partial charge < -0.3 is 14.5 Å². The number of fused-ring (bicyclic) bond motifs is 1. The molecule has 0 radical (unpaired) electrons. The van der Waals surface area contributed by atoms with Gasteiger partial charge in [-0.25, -0.2) is 9.67 Å². The maximum Gasteiger partial charge on any atom is 0.253 e. The minimum atomic E-state index is -0.0711. The number of carbonyl (C=O) groups is 1. The number of anilines is 1. The van der Waals surface area contributed by atoms with Crippen LogP contribution >= 0.6 is 0 Å². The van der Waals surface area contributed by atoms with Crippen LogP contribution in [0.2, 0.25) is 0 Å². The molecule has 1 aliphatic heterocycles. The summed E-state index contributed by atoms with van der Waals surface area (Å²) in [6.45, 7) is 4.31.